The fraction of sp³-hybridized carbons (Fsp3) is 0.500. The number of rotatable bonds is 3. The number of aryl methyl sites for hydroxylation is 1. The number of alkyl halides is 3. The summed E-state index contributed by atoms with van der Waals surface area (Å²) in [6, 6.07) is 2.05. The molecule has 1 aromatic rings. The van der Waals surface area contributed by atoms with Gasteiger partial charge < -0.3 is 10.6 Å². The summed E-state index contributed by atoms with van der Waals surface area (Å²) in [4.78, 5) is 1.03. The molecule has 0 radical (unpaired) electrons. The number of nitrogens with two attached hydrogens (primary N) is 1. The van der Waals surface area contributed by atoms with Crippen LogP contribution in [-0.2, 0) is 0 Å². The summed E-state index contributed by atoms with van der Waals surface area (Å²) in [6.07, 6.45) is -4.31. The van der Waals surface area contributed by atoms with Crippen molar-refractivity contribution >= 4 is 5.69 Å². The Morgan fingerprint density at radius 1 is 1.33 bits per heavy atom. The molecule has 0 aliphatic rings. The van der Waals surface area contributed by atoms with Crippen LogP contribution < -0.4 is 10.6 Å². The highest BCUT2D eigenvalue weighted by molar-refractivity contribution is 5.56. The Labute approximate surface area is 103 Å². The van der Waals surface area contributed by atoms with Crippen LogP contribution in [0.4, 0.5) is 23.2 Å². The maximum atomic E-state index is 13.4. The fourth-order valence-electron chi connectivity index (χ4n) is 1.73. The monoisotopic (exact) mass is 264 g/mol. The van der Waals surface area contributed by atoms with Gasteiger partial charge in [0.25, 0.3) is 0 Å². The van der Waals surface area contributed by atoms with Gasteiger partial charge in [0.05, 0.1) is 0 Å². The summed E-state index contributed by atoms with van der Waals surface area (Å²) >= 11 is 0. The molecule has 0 aliphatic heterocycles. The molecule has 0 heterocycles. The lowest BCUT2D eigenvalue weighted by molar-refractivity contribution is -0.119. The Morgan fingerprint density at radius 3 is 2.33 bits per heavy atom. The molecule has 102 valence electrons. The minimum absolute atomic E-state index is 0.295. The SMILES string of the molecule is Cc1cc(N(C)CC(F)(F)F)c([C@@H](C)N)cc1F. The van der Waals surface area contributed by atoms with Crippen LogP contribution in [0.5, 0.6) is 0 Å². The number of anilines is 1. The van der Waals surface area contributed by atoms with Crippen LogP contribution in [0.2, 0.25) is 0 Å². The molecule has 2 nitrogen and oxygen atoms in total. The summed E-state index contributed by atoms with van der Waals surface area (Å²) < 4.78 is 50.5. The normalized spacial score (nSPS) is 13.6. The third-order valence-corrected chi connectivity index (χ3v) is 2.63. The van der Waals surface area contributed by atoms with Gasteiger partial charge in [-0.3, -0.25) is 0 Å². The lowest BCUT2D eigenvalue weighted by Crippen LogP contribution is -2.32. The standard InChI is InChI=1S/C12H16F4N2/c1-7-4-11(18(3)6-12(14,15)16)9(8(2)17)5-10(7)13/h4-5,8H,6,17H2,1-3H3/t8-/m1/s1. The van der Waals surface area contributed by atoms with Gasteiger partial charge in [-0.25, -0.2) is 4.39 Å². The predicted octanol–water partition coefficient (Wildman–Crippen LogP) is 3.15. The van der Waals surface area contributed by atoms with Crippen LogP contribution in [0, 0.1) is 12.7 Å². The first-order chi connectivity index (χ1) is 8.11. The molecule has 1 atom stereocenters. The summed E-state index contributed by atoms with van der Waals surface area (Å²) in [7, 11) is 1.31. The fourth-order valence-corrected chi connectivity index (χ4v) is 1.73. The van der Waals surface area contributed by atoms with Crippen LogP contribution in [0.15, 0.2) is 12.1 Å². The van der Waals surface area contributed by atoms with E-state index in [1.54, 1.807) is 6.92 Å². The minimum Gasteiger partial charge on any atom is -0.365 e. The van der Waals surface area contributed by atoms with E-state index in [1.165, 1.54) is 26.1 Å². The summed E-state index contributed by atoms with van der Waals surface area (Å²) in [5.41, 5.74) is 6.63. The van der Waals surface area contributed by atoms with Gasteiger partial charge in [-0.15, -0.1) is 0 Å². The van der Waals surface area contributed by atoms with E-state index in [0.29, 0.717) is 16.8 Å². The highest BCUT2D eigenvalue weighted by Crippen LogP contribution is 2.29. The molecule has 18 heavy (non-hydrogen) atoms. The van der Waals surface area contributed by atoms with Crippen LogP contribution in [0.3, 0.4) is 0 Å². The highest BCUT2D eigenvalue weighted by atomic mass is 19.4. The first-order valence-corrected chi connectivity index (χ1v) is 5.45. The van der Waals surface area contributed by atoms with Gasteiger partial charge in [-0.05, 0) is 37.1 Å². The van der Waals surface area contributed by atoms with E-state index in [9.17, 15) is 17.6 Å². The molecule has 1 aromatic carbocycles. The molecule has 0 saturated heterocycles. The molecule has 0 fully saturated rings. The van der Waals surface area contributed by atoms with Crippen molar-refractivity contribution in [3.63, 3.8) is 0 Å². The molecule has 0 spiro atoms. The van der Waals surface area contributed by atoms with Crippen molar-refractivity contribution in [2.24, 2.45) is 5.73 Å². The molecule has 1 rings (SSSR count). The Kier molecular flexibility index (Phi) is 4.21. The molecule has 6 heteroatoms. The summed E-state index contributed by atoms with van der Waals surface area (Å²) in [6.45, 7) is 2.01. The Balaban J connectivity index is 3.17. The van der Waals surface area contributed by atoms with Crippen molar-refractivity contribution in [2.45, 2.75) is 26.1 Å². The molecule has 0 amide bonds. The maximum Gasteiger partial charge on any atom is 0.405 e. The van der Waals surface area contributed by atoms with Crippen LogP contribution in [0.1, 0.15) is 24.1 Å². The van der Waals surface area contributed by atoms with E-state index in [-0.39, 0.29) is 0 Å². The number of halogens is 4. The Bertz CT molecular complexity index is 427. The number of hydrogen-bond acceptors (Lipinski definition) is 2. The average molecular weight is 264 g/mol. The minimum atomic E-state index is -4.31. The number of hydrogen-bond donors (Lipinski definition) is 1. The third kappa shape index (κ3) is 3.60. The molecule has 0 saturated carbocycles. The van der Waals surface area contributed by atoms with Crippen LogP contribution >= 0.6 is 0 Å². The number of nitrogens with zero attached hydrogens (tertiary/aromatic N) is 1. The lowest BCUT2D eigenvalue weighted by atomic mass is 10.0. The molecule has 0 bridgehead atoms. The third-order valence-electron chi connectivity index (χ3n) is 2.63. The second kappa shape index (κ2) is 5.14. The molecule has 0 unspecified atom stereocenters. The van der Waals surface area contributed by atoms with Gasteiger partial charge in [-0.1, -0.05) is 0 Å². The van der Waals surface area contributed by atoms with Gasteiger partial charge in [0, 0.05) is 18.8 Å². The molecular formula is C12H16F4N2. The first kappa shape index (κ1) is 14.8. The molecule has 2 N–H and O–H groups in total. The largest absolute Gasteiger partial charge is 0.405 e. The smallest absolute Gasteiger partial charge is 0.365 e. The van der Waals surface area contributed by atoms with E-state index in [2.05, 4.69) is 0 Å². The highest BCUT2D eigenvalue weighted by Gasteiger charge is 2.30. The zero-order valence-corrected chi connectivity index (χ0v) is 10.5. The van der Waals surface area contributed by atoms with Crippen molar-refractivity contribution in [3.8, 4) is 0 Å². The first-order valence-electron chi connectivity index (χ1n) is 5.45. The molecule has 0 aliphatic carbocycles. The van der Waals surface area contributed by atoms with E-state index >= 15 is 0 Å². The van der Waals surface area contributed by atoms with Crippen LogP contribution in [-0.4, -0.2) is 19.8 Å². The van der Waals surface area contributed by atoms with Gasteiger partial charge in [0.1, 0.15) is 12.4 Å². The van der Waals surface area contributed by atoms with Gasteiger partial charge in [0.2, 0.25) is 0 Å². The second-order valence-electron chi connectivity index (χ2n) is 4.42. The van der Waals surface area contributed by atoms with Gasteiger partial charge in [-0.2, -0.15) is 13.2 Å². The molecule has 0 aromatic heterocycles. The van der Waals surface area contributed by atoms with E-state index in [0.717, 1.165) is 4.90 Å². The lowest BCUT2D eigenvalue weighted by Gasteiger charge is -2.25. The zero-order valence-electron chi connectivity index (χ0n) is 10.5. The van der Waals surface area contributed by atoms with Crippen molar-refractivity contribution in [1.82, 2.24) is 0 Å². The van der Waals surface area contributed by atoms with Gasteiger partial charge >= 0.3 is 6.18 Å². The van der Waals surface area contributed by atoms with Crippen molar-refractivity contribution < 1.29 is 17.6 Å². The van der Waals surface area contributed by atoms with Crippen molar-refractivity contribution in [2.75, 3.05) is 18.5 Å². The topological polar surface area (TPSA) is 29.3 Å². The quantitative estimate of drug-likeness (QED) is 0.850. The van der Waals surface area contributed by atoms with Crippen LogP contribution in [0.25, 0.3) is 0 Å². The van der Waals surface area contributed by atoms with Crippen molar-refractivity contribution in [3.05, 3.63) is 29.1 Å². The Morgan fingerprint density at radius 2 is 1.89 bits per heavy atom. The van der Waals surface area contributed by atoms with E-state index in [1.807, 2.05) is 0 Å². The zero-order chi connectivity index (χ0) is 14.1. The van der Waals surface area contributed by atoms with E-state index < -0.39 is 24.6 Å². The second-order valence-corrected chi connectivity index (χ2v) is 4.42. The Hall–Kier alpha value is -1.30. The number of benzene rings is 1. The summed E-state index contributed by atoms with van der Waals surface area (Å²) in [5, 5.41) is 0. The summed E-state index contributed by atoms with van der Waals surface area (Å²) in [5.74, 6) is -0.466. The maximum absolute atomic E-state index is 13.4. The van der Waals surface area contributed by atoms with E-state index in [4.69, 9.17) is 5.73 Å². The predicted molar refractivity (Wildman–Crippen MR) is 63.1 cm³/mol. The van der Waals surface area contributed by atoms with Crippen molar-refractivity contribution in [1.29, 1.82) is 0 Å². The average Bonchev–Trinajstić information content (AvgIpc) is 2.18. The molecular weight excluding hydrogens is 248 g/mol. The van der Waals surface area contributed by atoms with Gasteiger partial charge in [0.15, 0.2) is 0 Å².